The number of hydrogen-bond acceptors (Lipinski definition) is 3. The van der Waals surface area contributed by atoms with Crippen LogP contribution in [0.2, 0.25) is 0 Å². The van der Waals surface area contributed by atoms with Gasteiger partial charge in [-0.15, -0.1) is 0 Å². The van der Waals surface area contributed by atoms with E-state index in [0.29, 0.717) is 17.9 Å². The average molecular weight is 249 g/mol. The van der Waals surface area contributed by atoms with Gasteiger partial charge in [0, 0.05) is 5.56 Å². The van der Waals surface area contributed by atoms with E-state index < -0.39 is 5.97 Å². The third kappa shape index (κ3) is 3.23. The molecular formula is C14H19NO3. The van der Waals surface area contributed by atoms with Crippen LogP contribution in [0.25, 0.3) is 0 Å². The summed E-state index contributed by atoms with van der Waals surface area (Å²) in [6.07, 6.45) is 7.13. The molecule has 0 aliphatic heterocycles. The third-order valence-electron chi connectivity index (χ3n) is 3.22. The maximum absolute atomic E-state index is 10.8. The number of hydrogen-bond donors (Lipinski definition) is 2. The quantitative estimate of drug-likeness (QED) is 0.601. The zero-order valence-corrected chi connectivity index (χ0v) is 10.7. The van der Waals surface area contributed by atoms with Crippen molar-refractivity contribution in [3.63, 3.8) is 0 Å². The molecule has 0 fully saturated rings. The first-order valence-electron chi connectivity index (χ1n) is 6.38. The number of carboxylic acids is 1. The minimum Gasteiger partial charge on any atom is -0.475 e. The maximum Gasteiger partial charge on any atom is 0.372 e. The van der Waals surface area contributed by atoms with Crippen LogP contribution in [0.5, 0.6) is 0 Å². The highest BCUT2D eigenvalue weighted by molar-refractivity contribution is 5.86. The number of aromatic carboxylic acids is 1. The van der Waals surface area contributed by atoms with Crippen LogP contribution in [-0.4, -0.2) is 17.6 Å². The molecule has 18 heavy (non-hydrogen) atoms. The molecule has 4 heteroatoms. The summed E-state index contributed by atoms with van der Waals surface area (Å²) < 4.78 is 5.27. The van der Waals surface area contributed by atoms with Gasteiger partial charge >= 0.3 is 5.97 Å². The Bertz CT molecular complexity index is 460. The Morgan fingerprint density at radius 2 is 2.39 bits per heavy atom. The lowest BCUT2D eigenvalue weighted by Crippen LogP contribution is -2.14. The lowest BCUT2D eigenvalue weighted by Gasteiger charge is -2.03. The summed E-state index contributed by atoms with van der Waals surface area (Å²) in [7, 11) is 0. The molecule has 0 amide bonds. The zero-order valence-electron chi connectivity index (χ0n) is 10.7. The van der Waals surface area contributed by atoms with E-state index in [9.17, 15) is 4.79 Å². The van der Waals surface area contributed by atoms with E-state index in [1.807, 2.05) is 0 Å². The fraction of sp³-hybridized carbons (Fsp3) is 0.500. The van der Waals surface area contributed by atoms with E-state index in [0.717, 1.165) is 13.0 Å². The molecule has 0 radical (unpaired) electrons. The Kier molecular flexibility index (Phi) is 4.20. The van der Waals surface area contributed by atoms with Crippen LogP contribution in [0.3, 0.4) is 0 Å². The van der Waals surface area contributed by atoms with Gasteiger partial charge in [-0.3, -0.25) is 0 Å². The van der Waals surface area contributed by atoms with Gasteiger partial charge in [0.05, 0.1) is 6.54 Å². The van der Waals surface area contributed by atoms with Gasteiger partial charge in [0.15, 0.2) is 0 Å². The van der Waals surface area contributed by atoms with Crippen molar-refractivity contribution in [2.24, 2.45) is 0 Å². The highest BCUT2D eigenvalue weighted by Crippen LogP contribution is 2.20. The van der Waals surface area contributed by atoms with Gasteiger partial charge in [-0.1, -0.05) is 11.6 Å². The van der Waals surface area contributed by atoms with Crippen molar-refractivity contribution in [2.45, 2.75) is 39.2 Å². The first kappa shape index (κ1) is 12.9. The Morgan fingerprint density at radius 1 is 1.56 bits per heavy atom. The zero-order chi connectivity index (χ0) is 13.0. The highest BCUT2D eigenvalue weighted by Gasteiger charge is 2.13. The molecule has 0 bridgehead atoms. The van der Waals surface area contributed by atoms with Gasteiger partial charge in [-0.05, 0) is 45.2 Å². The first-order valence-corrected chi connectivity index (χ1v) is 6.38. The molecule has 98 valence electrons. The normalized spacial score (nSPS) is 14.8. The summed E-state index contributed by atoms with van der Waals surface area (Å²) in [5.74, 6) is -0.273. The van der Waals surface area contributed by atoms with Crippen LogP contribution in [0.4, 0.5) is 0 Å². The van der Waals surface area contributed by atoms with Gasteiger partial charge in [-0.2, -0.15) is 0 Å². The molecule has 0 aromatic carbocycles. The number of carbonyl (C=O) groups is 1. The number of nitrogens with one attached hydrogen (secondary N) is 1. The molecule has 2 N–H and O–H groups in total. The lowest BCUT2D eigenvalue weighted by atomic mass is 10.2. The van der Waals surface area contributed by atoms with Crippen molar-refractivity contribution in [1.29, 1.82) is 0 Å². The van der Waals surface area contributed by atoms with E-state index in [-0.39, 0.29) is 5.76 Å². The Morgan fingerprint density at radius 3 is 3.00 bits per heavy atom. The van der Waals surface area contributed by atoms with Crippen molar-refractivity contribution < 1.29 is 14.3 Å². The van der Waals surface area contributed by atoms with Crippen molar-refractivity contribution in [3.8, 4) is 0 Å². The molecule has 1 aliphatic rings. The summed E-state index contributed by atoms with van der Waals surface area (Å²) in [6.45, 7) is 3.25. The SMILES string of the molecule is Cc1cc(CNCCC2=CCCC2)oc1C(=O)O. The summed E-state index contributed by atoms with van der Waals surface area (Å²) >= 11 is 0. The number of carboxylic acid groups (broad SMARTS) is 1. The van der Waals surface area contributed by atoms with E-state index in [1.54, 1.807) is 13.0 Å². The van der Waals surface area contributed by atoms with Crippen molar-refractivity contribution in [1.82, 2.24) is 5.32 Å². The molecule has 2 rings (SSSR count). The first-order chi connectivity index (χ1) is 8.66. The maximum atomic E-state index is 10.8. The molecule has 1 aromatic rings. The molecule has 0 atom stereocenters. The second-order valence-corrected chi connectivity index (χ2v) is 4.71. The van der Waals surface area contributed by atoms with E-state index in [4.69, 9.17) is 9.52 Å². The van der Waals surface area contributed by atoms with Crippen LogP contribution >= 0.6 is 0 Å². The Balaban J connectivity index is 1.76. The molecular weight excluding hydrogens is 230 g/mol. The molecule has 0 unspecified atom stereocenters. The molecule has 1 aromatic heterocycles. The van der Waals surface area contributed by atoms with Crippen LogP contribution in [-0.2, 0) is 6.54 Å². The summed E-state index contributed by atoms with van der Waals surface area (Å²) in [6, 6.07) is 1.78. The minimum absolute atomic E-state index is 0.0466. The summed E-state index contributed by atoms with van der Waals surface area (Å²) in [5.41, 5.74) is 2.21. The standard InChI is InChI=1S/C14H19NO3/c1-10-8-12(18-13(10)14(16)17)9-15-7-6-11-4-2-3-5-11/h4,8,15H,2-3,5-7,9H2,1H3,(H,16,17). The monoisotopic (exact) mass is 249 g/mol. The van der Waals surface area contributed by atoms with Gasteiger partial charge < -0.3 is 14.8 Å². The number of rotatable bonds is 6. The van der Waals surface area contributed by atoms with E-state index in [2.05, 4.69) is 11.4 Å². The molecule has 1 heterocycles. The van der Waals surface area contributed by atoms with Gasteiger partial charge in [0.1, 0.15) is 5.76 Å². The minimum atomic E-state index is -1.00. The van der Waals surface area contributed by atoms with E-state index in [1.165, 1.54) is 24.8 Å². The molecule has 0 spiro atoms. The topological polar surface area (TPSA) is 62.5 Å². The highest BCUT2D eigenvalue weighted by atomic mass is 16.4. The Hall–Kier alpha value is -1.55. The van der Waals surface area contributed by atoms with Crippen molar-refractivity contribution >= 4 is 5.97 Å². The van der Waals surface area contributed by atoms with Crippen LogP contribution in [0.1, 0.15) is 47.6 Å². The Labute approximate surface area is 107 Å². The van der Waals surface area contributed by atoms with Gasteiger partial charge in [0.25, 0.3) is 0 Å². The lowest BCUT2D eigenvalue weighted by molar-refractivity contribution is 0.0659. The fourth-order valence-corrected chi connectivity index (χ4v) is 2.27. The molecule has 0 saturated carbocycles. The second-order valence-electron chi connectivity index (χ2n) is 4.71. The van der Waals surface area contributed by atoms with Gasteiger partial charge in [-0.25, -0.2) is 4.79 Å². The largest absolute Gasteiger partial charge is 0.475 e. The number of allylic oxidation sites excluding steroid dienone is 1. The fourth-order valence-electron chi connectivity index (χ4n) is 2.27. The third-order valence-corrected chi connectivity index (χ3v) is 3.22. The molecule has 0 saturated heterocycles. The number of aryl methyl sites for hydroxylation is 1. The average Bonchev–Trinajstić information content (AvgIpc) is 2.94. The van der Waals surface area contributed by atoms with Crippen molar-refractivity contribution in [3.05, 3.63) is 34.8 Å². The second kappa shape index (κ2) is 5.87. The molecule has 1 aliphatic carbocycles. The number of furan rings is 1. The predicted molar refractivity (Wildman–Crippen MR) is 68.7 cm³/mol. The van der Waals surface area contributed by atoms with Crippen molar-refractivity contribution in [2.75, 3.05) is 6.54 Å². The van der Waals surface area contributed by atoms with E-state index >= 15 is 0 Å². The van der Waals surface area contributed by atoms with Gasteiger partial charge in [0.2, 0.25) is 5.76 Å². The van der Waals surface area contributed by atoms with Crippen LogP contribution in [0.15, 0.2) is 22.1 Å². The predicted octanol–water partition coefficient (Wildman–Crippen LogP) is 2.88. The smallest absolute Gasteiger partial charge is 0.372 e. The molecule has 4 nitrogen and oxygen atoms in total. The summed E-state index contributed by atoms with van der Waals surface area (Å²) in [4.78, 5) is 10.8. The summed E-state index contributed by atoms with van der Waals surface area (Å²) in [5, 5.41) is 12.2. The van der Waals surface area contributed by atoms with Crippen LogP contribution in [0, 0.1) is 6.92 Å². The van der Waals surface area contributed by atoms with Crippen LogP contribution < -0.4 is 5.32 Å².